The molecule has 0 fully saturated rings. The van der Waals surface area contributed by atoms with Gasteiger partial charge in [-0.25, -0.2) is 4.79 Å². The normalized spacial score (nSPS) is 14.0. The third-order valence-corrected chi connectivity index (χ3v) is 6.55. The Hall–Kier alpha value is -4.01. The summed E-state index contributed by atoms with van der Waals surface area (Å²) in [6, 6.07) is 17.4. The molecule has 6 nitrogen and oxygen atoms in total. The van der Waals surface area contributed by atoms with E-state index >= 15 is 0 Å². The molecule has 3 aromatic carbocycles. The lowest BCUT2D eigenvalue weighted by Gasteiger charge is -2.32. The van der Waals surface area contributed by atoms with Crippen molar-refractivity contribution >= 4 is 11.9 Å². The Bertz CT molecular complexity index is 1280. The van der Waals surface area contributed by atoms with Crippen LogP contribution in [-0.4, -0.2) is 30.5 Å². The van der Waals surface area contributed by atoms with Gasteiger partial charge in [0.2, 0.25) is 5.91 Å². The van der Waals surface area contributed by atoms with E-state index in [0.717, 1.165) is 34.4 Å². The maximum atomic E-state index is 13.2. The first-order valence-corrected chi connectivity index (χ1v) is 11.9. The van der Waals surface area contributed by atoms with Crippen LogP contribution in [0.15, 0.2) is 66.7 Å². The van der Waals surface area contributed by atoms with Crippen molar-refractivity contribution in [3.63, 3.8) is 0 Å². The SMILES string of the molecule is COc1cccc([C@H](CCC(N)=O)NC(=O)N2CCc3c(cccc3-c3ccc(C(F)(F)F)cc3)C2)c1. The number of ether oxygens (including phenoxy) is 1. The summed E-state index contributed by atoms with van der Waals surface area (Å²) >= 11 is 0. The number of carbonyl (C=O) groups is 2. The minimum Gasteiger partial charge on any atom is -0.497 e. The Morgan fingerprint density at radius 1 is 1.08 bits per heavy atom. The largest absolute Gasteiger partial charge is 0.497 e. The molecule has 0 radical (unpaired) electrons. The summed E-state index contributed by atoms with van der Waals surface area (Å²) in [6.07, 6.45) is -3.37. The van der Waals surface area contributed by atoms with Crippen LogP contribution in [0.25, 0.3) is 11.1 Å². The quantitative estimate of drug-likeness (QED) is 0.442. The summed E-state index contributed by atoms with van der Waals surface area (Å²) in [5.74, 6) is 0.184. The van der Waals surface area contributed by atoms with Crippen LogP contribution in [0.2, 0.25) is 0 Å². The monoisotopic (exact) mass is 511 g/mol. The van der Waals surface area contributed by atoms with Crippen LogP contribution < -0.4 is 15.8 Å². The molecule has 1 heterocycles. The fourth-order valence-electron chi connectivity index (χ4n) is 4.60. The molecular formula is C28H28F3N3O3. The van der Waals surface area contributed by atoms with Crippen molar-refractivity contribution in [3.05, 3.63) is 89.0 Å². The second kappa shape index (κ2) is 10.9. The minimum atomic E-state index is -4.39. The van der Waals surface area contributed by atoms with E-state index in [4.69, 9.17) is 10.5 Å². The number of nitrogens with two attached hydrogens (primary N) is 1. The number of benzene rings is 3. The molecule has 9 heteroatoms. The van der Waals surface area contributed by atoms with Gasteiger partial charge in [-0.1, -0.05) is 42.5 Å². The van der Waals surface area contributed by atoms with E-state index in [1.54, 1.807) is 18.1 Å². The summed E-state index contributed by atoms with van der Waals surface area (Å²) in [5, 5.41) is 3.02. The minimum absolute atomic E-state index is 0.113. The van der Waals surface area contributed by atoms with E-state index in [1.165, 1.54) is 12.1 Å². The van der Waals surface area contributed by atoms with Crippen molar-refractivity contribution in [3.8, 4) is 16.9 Å². The number of urea groups is 1. The van der Waals surface area contributed by atoms with Crippen LogP contribution in [0.1, 0.15) is 41.1 Å². The summed E-state index contributed by atoms with van der Waals surface area (Å²) in [4.78, 5) is 26.3. The first kappa shape index (κ1) is 26.1. The van der Waals surface area contributed by atoms with Crippen LogP contribution in [0.4, 0.5) is 18.0 Å². The lowest BCUT2D eigenvalue weighted by molar-refractivity contribution is -0.137. The van der Waals surface area contributed by atoms with Crippen molar-refractivity contribution < 1.29 is 27.5 Å². The summed E-state index contributed by atoms with van der Waals surface area (Å²) in [5.41, 5.74) is 8.98. The Morgan fingerprint density at radius 3 is 2.49 bits per heavy atom. The van der Waals surface area contributed by atoms with Gasteiger partial charge in [0.15, 0.2) is 0 Å². The number of alkyl halides is 3. The maximum absolute atomic E-state index is 13.2. The number of methoxy groups -OCH3 is 1. The van der Waals surface area contributed by atoms with Gasteiger partial charge in [-0.15, -0.1) is 0 Å². The topological polar surface area (TPSA) is 84.7 Å². The summed E-state index contributed by atoms with van der Waals surface area (Å²) in [7, 11) is 1.56. The fraction of sp³-hybridized carbons (Fsp3) is 0.286. The standard InChI is InChI=1S/C28H28F3N3O3/c1-37-22-6-2-4-19(16-22)25(12-13-26(32)35)33-27(36)34-15-14-24-20(17-34)5-3-7-23(24)18-8-10-21(11-9-18)28(29,30)31/h2-11,16,25H,12-15,17H2,1H3,(H2,32,35)(H,33,36)/t25-/m0/s1. The number of hydrogen-bond donors (Lipinski definition) is 2. The van der Waals surface area contributed by atoms with Crippen LogP contribution in [-0.2, 0) is 23.9 Å². The number of halogens is 3. The first-order valence-electron chi connectivity index (χ1n) is 11.9. The lowest BCUT2D eigenvalue weighted by Crippen LogP contribution is -2.44. The van der Waals surface area contributed by atoms with E-state index in [2.05, 4.69) is 5.32 Å². The van der Waals surface area contributed by atoms with Crippen LogP contribution in [0.3, 0.4) is 0 Å². The number of carbonyl (C=O) groups excluding carboxylic acids is 2. The molecule has 4 rings (SSSR count). The zero-order chi connectivity index (χ0) is 26.6. The third-order valence-electron chi connectivity index (χ3n) is 6.55. The van der Waals surface area contributed by atoms with Gasteiger partial charge in [-0.3, -0.25) is 4.79 Å². The molecule has 37 heavy (non-hydrogen) atoms. The highest BCUT2D eigenvalue weighted by Crippen LogP contribution is 2.34. The highest BCUT2D eigenvalue weighted by Gasteiger charge is 2.30. The zero-order valence-electron chi connectivity index (χ0n) is 20.3. The zero-order valence-corrected chi connectivity index (χ0v) is 20.3. The number of primary amides is 1. The smallest absolute Gasteiger partial charge is 0.416 e. The van der Waals surface area contributed by atoms with Gasteiger partial charge in [-0.05, 0) is 64.9 Å². The molecule has 3 aromatic rings. The van der Waals surface area contributed by atoms with Crippen LogP contribution in [0, 0.1) is 0 Å². The molecule has 0 spiro atoms. The number of amides is 3. The molecule has 3 amide bonds. The number of nitrogens with one attached hydrogen (secondary N) is 1. The molecule has 0 unspecified atom stereocenters. The lowest BCUT2D eigenvalue weighted by atomic mass is 9.90. The summed E-state index contributed by atoms with van der Waals surface area (Å²) < 4.78 is 44.2. The predicted molar refractivity (Wildman–Crippen MR) is 134 cm³/mol. The average molecular weight is 512 g/mol. The predicted octanol–water partition coefficient (Wildman–Crippen LogP) is 5.46. The van der Waals surface area contributed by atoms with Crippen molar-refractivity contribution in [2.75, 3.05) is 13.7 Å². The molecule has 0 aliphatic carbocycles. The van der Waals surface area contributed by atoms with Gasteiger partial charge in [0.05, 0.1) is 18.7 Å². The molecule has 1 aliphatic heterocycles. The van der Waals surface area contributed by atoms with Gasteiger partial charge in [0.25, 0.3) is 0 Å². The van der Waals surface area contributed by atoms with Crippen molar-refractivity contribution in [2.24, 2.45) is 5.73 Å². The van der Waals surface area contributed by atoms with Crippen molar-refractivity contribution in [1.29, 1.82) is 0 Å². The Labute approximate surface area is 213 Å². The molecule has 194 valence electrons. The average Bonchev–Trinajstić information content (AvgIpc) is 2.89. The van der Waals surface area contributed by atoms with Gasteiger partial charge in [0.1, 0.15) is 5.75 Å². The molecule has 3 N–H and O–H groups in total. The number of hydrogen-bond acceptors (Lipinski definition) is 3. The molecule has 0 bridgehead atoms. The third kappa shape index (κ3) is 6.22. The van der Waals surface area contributed by atoms with E-state index in [0.29, 0.717) is 37.2 Å². The molecular weight excluding hydrogens is 483 g/mol. The van der Waals surface area contributed by atoms with E-state index < -0.39 is 23.7 Å². The highest BCUT2D eigenvalue weighted by atomic mass is 19.4. The van der Waals surface area contributed by atoms with Crippen molar-refractivity contribution in [1.82, 2.24) is 10.2 Å². The van der Waals surface area contributed by atoms with E-state index in [-0.39, 0.29) is 12.5 Å². The Balaban J connectivity index is 1.51. The van der Waals surface area contributed by atoms with Crippen molar-refractivity contribution in [2.45, 2.75) is 38.0 Å². The second-order valence-electron chi connectivity index (χ2n) is 8.97. The highest BCUT2D eigenvalue weighted by molar-refractivity contribution is 5.77. The molecule has 0 aromatic heterocycles. The van der Waals surface area contributed by atoms with Gasteiger partial charge < -0.3 is 20.7 Å². The molecule has 0 saturated heterocycles. The van der Waals surface area contributed by atoms with E-state index in [9.17, 15) is 22.8 Å². The van der Waals surface area contributed by atoms with Crippen LogP contribution >= 0.6 is 0 Å². The molecule has 1 aliphatic rings. The Kier molecular flexibility index (Phi) is 7.71. The van der Waals surface area contributed by atoms with Gasteiger partial charge >= 0.3 is 12.2 Å². The Morgan fingerprint density at radius 2 is 1.81 bits per heavy atom. The first-order chi connectivity index (χ1) is 17.7. The number of rotatable bonds is 7. The van der Waals surface area contributed by atoms with Gasteiger partial charge in [0, 0.05) is 19.5 Å². The molecule has 1 atom stereocenters. The second-order valence-corrected chi connectivity index (χ2v) is 8.97. The number of fused-ring (bicyclic) bond motifs is 1. The van der Waals surface area contributed by atoms with Crippen LogP contribution in [0.5, 0.6) is 5.75 Å². The van der Waals surface area contributed by atoms with Gasteiger partial charge in [-0.2, -0.15) is 13.2 Å². The fourth-order valence-corrected chi connectivity index (χ4v) is 4.60. The van der Waals surface area contributed by atoms with E-state index in [1.807, 2.05) is 36.4 Å². The molecule has 0 saturated carbocycles. The number of nitrogens with zero attached hydrogens (tertiary/aromatic N) is 1. The summed E-state index contributed by atoms with van der Waals surface area (Å²) in [6.45, 7) is 0.799. The maximum Gasteiger partial charge on any atom is 0.416 e.